The molecule has 1 aromatic heterocycles. The van der Waals surface area contributed by atoms with Gasteiger partial charge in [-0.15, -0.1) is 0 Å². The first kappa shape index (κ1) is 17.7. The van der Waals surface area contributed by atoms with Crippen LogP contribution >= 0.6 is 0 Å². The number of nitrogens with one attached hydrogen (secondary N) is 1. The molecule has 0 saturated heterocycles. The molecule has 0 radical (unpaired) electrons. The molecule has 0 bridgehead atoms. The van der Waals surface area contributed by atoms with E-state index in [2.05, 4.69) is 10.5 Å². The lowest BCUT2D eigenvalue weighted by atomic mass is 10.1. The Labute approximate surface area is 139 Å². The van der Waals surface area contributed by atoms with Crippen LogP contribution in [-0.2, 0) is 6.61 Å². The topological polar surface area (TPSA) is 102 Å². The number of rotatable bonds is 8. The predicted molar refractivity (Wildman–Crippen MR) is 85.9 cm³/mol. The van der Waals surface area contributed by atoms with E-state index in [0.29, 0.717) is 23.5 Å². The van der Waals surface area contributed by atoms with Gasteiger partial charge in [-0.2, -0.15) is 0 Å². The molecule has 0 aliphatic carbocycles. The zero-order valence-corrected chi connectivity index (χ0v) is 13.6. The average molecular weight is 332 g/mol. The number of ketones is 1. The van der Waals surface area contributed by atoms with Crippen LogP contribution in [0.5, 0.6) is 5.75 Å². The van der Waals surface area contributed by atoms with Crippen LogP contribution in [-0.4, -0.2) is 34.6 Å². The lowest BCUT2D eigenvalue weighted by Crippen LogP contribution is -2.31. The third kappa shape index (κ3) is 4.92. The molecule has 24 heavy (non-hydrogen) atoms. The molecular weight excluding hydrogens is 312 g/mol. The standard InChI is InChI=1S/C17H20N2O5/c1-3-13(21)9-18-17(22)16-8-15(24-19-16)10-23-14-6-4-5-12(7-14)11(2)20/h4-8,13,21H,3,9-10H2,1-2H3,(H,18,22). The number of aliphatic hydroxyl groups is 1. The average Bonchev–Trinajstić information content (AvgIpc) is 3.06. The summed E-state index contributed by atoms with van der Waals surface area (Å²) in [5.41, 5.74) is 0.675. The number of hydrogen-bond acceptors (Lipinski definition) is 6. The molecule has 0 saturated carbocycles. The number of aliphatic hydroxyl groups excluding tert-OH is 1. The van der Waals surface area contributed by atoms with E-state index >= 15 is 0 Å². The van der Waals surface area contributed by atoms with Crippen LogP contribution in [0.3, 0.4) is 0 Å². The van der Waals surface area contributed by atoms with Gasteiger partial charge >= 0.3 is 0 Å². The Kier molecular flexibility index (Phi) is 6.08. The molecule has 0 aliphatic rings. The highest BCUT2D eigenvalue weighted by Gasteiger charge is 2.14. The van der Waals surface area contributed by atoms with Gasteiger partial charge in [0, 0.05) is 18.2 Å². The first-order valence-electron chi connectivity index (χ1n) is 7.65. The second-order valence-corrected chi connectivity index (χ2v) is 5.32. The molecule has 1 heterocycles. The maximum atomic E-state index is 11.8. The van der Waals surface area contributed by atoms with E-state index in [1.807, 2.05) is 6.92 Å². The Balaban J connectivity index is 1.90. The van der Waals surface area contributed by atoms with Gasteiger partial charge in [0.25, 0.3) is 5.91 Å². The number of ether oxygens (including phenoxy) is 1. The number of aromatic nitrogens is 1. The van der Waals surface area contributed by atoms with Crippen LogP contribution in [0, 0.1) is 0 Å². The van der Waals surface area contributed by atoms with E-state index in [4.69, 9.17) is 9.26 Å². The summed E-state index contributed by atoms with van der Waals surface area (Å²) < 4.78 is 10.6. The molecule has 1 aromatic carbocycles. The summed E-state index contributed by atoms with van der Waals surface area (Å²) in [6.45, 7) is 3.55. The fourth-order valence-electron chi connectivity index (χ4n) is 1.89. The first-order valence-corrected chi connectivity index (χ1v) is 7.65. The number of nitrogens with zero attached hydrogens (tertiary/aromatic N) is 1. The van der Waals surface area contributed by atoms with Crippen molar-refractivity contribution in [3.05, 3.63) is 47.3 Å². The number of carbonyl (C=O) groups is 2. The van der Waals surface area contributed by atoms with E-state index in [9.17, 15) is 14.7 Å². The molecule has 0 spiro atoms. The zero-order valence-electron chi connectivity index (χ0n) is 13.6. The third-order valence-electron chi connectivity index (χ3n) is 3.38. The Morgan fingerprint density at radius 1 is 1.38 bits per heavy atom. The molecule has 7 heteroatoms. The van der Waals surface area contributed by atoms with E-state index in [1.54, 1.807) is 24.3 Å². The Morgan fingerprint density at radius 3 is 2.88 bits per heavy atom. The van der Waals surface area contributed by atoms with Crippen molar-refractivity contribution < 1.29 is 24.0 Å². The molecule has 1 amide bonds. The normalized spacial score (nSPS) is 11.8. The lowest BCUT2D eigenvalue weighted by molar-refractivity contribution is 0.0904. The molecule has 0 aliphatic heterocycles. The van der Waals surface area contributed by atoms with Crippen molar-refractivity contribution >= 4 is 11.7 Å². The number of carbonyl (C=O) groups excluding carboxylic acids is 2. The maximum Gasteiger partial charge on any atom is 0.273 e. The van der Waals surface area contributed by atoms with Crippen LogP contribution in [0.15, 0.2) is 34.9 Å². The first-order chi connectivity index (χ1) is 11.5. The predicted octanol–water partition coefficient (Wildman–Crippen LogP) is 1.96. The minimum Gasteiger partial charge on any atom is -0.486 e. The van der Waals surface area contributed by atoms with Crippen molar-refractivity contribution in [2.45, 2.75) is 33.0 Å². The van der Waals surface area contributed by atoms with Crippen LogP contribution in [0.4, 0.5) is 0 Å². The molecule has 2 rings (SSSR count). The monoisotopic (exact) mass is 332 g/mol. The van der Waals surface area contributed by atoms with Crippen molar-refractivity contribution in [2.24, 2.45) is 0 Å². The van der Waals surface area contributed by atoms with Crippen molar-refractivity contribution in [1.82, 2.24) is 10.5 Å². The van der Waals surface area contributed by atoms with Gasteiger partial charge < -0.3 is 19.7 Å². The number of benzene rings is 1. The molecule has 0 fully saturated rings. The van der Waals surface area contributed by atoms with Gasteiger partial charge in [-0.05, 0) is 25.5 Å². The summed E-state index contributed by atoms with van der Waals surface area (Å²) in [6, 6.07) is 8.27. The van der Waals surface area contributed by atoms with Gasteiger partial charge in [-0.25, -0.2) is 0 Å². The van der Waals surface area contributed by atoms with Crippen molar-refractivity contribution in [1.29, 1.82) is 0 Å². The fourth-order valence-corrected chi connectivity index (χ4v) is 1.89. The van der Waals surface area contributed by atoms with Crippen LogP contribution in [0.25, 0.3) is 0 Å². The largest absolute Gasteiger partial charge is 0.486 e. The minimum atomic E-state index is -0.586. The lowest BCUT2D eigenvalue weighted by Gasteiger charge is -2.07. The highest BCUT2D eigenvalue weighted by molar-refractivity contribution is 5.94. The van der Waals surface area contributed by atoms with Gasteiger partial charge in [0.2, 0.25) is 0 Å². The fraction of sp³-hybridized carbons (Fsp3) is 0.353. The van der Waals surface area contributed by atoms with E-state index < -0.39 is 12.0 Å². The SMILES string of the molecule is CCC(O)CNC(=O)c1cc(COc2cccc(C(C)=O)c2)on1. The van der Waals surface area contributed by atoms with Gasteiger partial charge in [0.05, 0.1) is 6.10 Å². The van der Waals surface area contributed by atoms with Crippen LogP contribution < -0.4 is 10.1 Å². The summed E-state index contributed by atoms with van der Waals surface area (Å²) >= 11 is 0. The summed E-state index contributed by atoms with van der Waals surface area (Å²) in [5.74, 6) is 0.435. The molecule has 1 atom stereocenters. The van der Waals surface area contributed by atoms with E-state index in [1.165, 1.54) is 13.0 Å². The van der Waals surface area contributed by atoms with Gasteiger partial charge in [-0.3, -0.25) is 9.59 Å². The molecular formula is C17H20N2O5. The van der Waals surface area contributed by atoms with Gasteiger partial charge in [0.15, 0.2) is 17.2 Å². The smallest absolute Gasteiger partial charge is 0.273 e. The zero-order chi connectivity index (χ0) is 17.5. The maximum absolute atomic E-state index is 11.8. The summed E-state index contributed by atoms with van der Waals surface area (Å²) in [7, 11) is 0. The second kappa shape index (κ2) is 8.26. The molecule has 2 aromatic rings. The number of Topliss-reactive ketones (excluding diaryl/α,β-unsaturated/α-hetero) is 1. The van der Waals surface area contributed by atoms with Crippen molar-refractivity contribution in [2.75, 3.05) is 6.54 Å². The number of hydrogen-bond donors (Lipinski definition) is 2. The highest BCUT2D eigenvalue weighted by atomic mass is 16.5. The quantitative estimate of drug-likeness (QED) is 0.717. The highest BCUT2D eigenvalue weighted by Crippen LogP contribution is 2.16. The summed E-state index contributed by atoms with van der Waals surface area (Å²) in [5, 5.41) is 15.7. The molecule has 7 nitrogen and oxygen atoms in total. The molecule has 2 N–H and O–H groups in total. The Bertz CT molecular complexity index is 711. The second-order valence-electron chi connectivity index (χ2n) is 5.32. The van der Waals surface area contributed by atoms with Crippen LogP contribution in [0.2, 0.25) is 0 Å². The Hall–Kier alpha value is -2.67. The minimum absolute atomic E-state index is 0.0478. The van der Waals surface area contributed by atoms with Crippen molar-refractivity contribution in [3.8, 4) is 5.75 Å². The van der Waals surface area contributed by atoms with Crippen LogP contribution in [0.1, 0.15) is 46.9 Å². The van der Waals surface area contributed by atoms with E-state index in [0.717, 1.165) is 0 Å². The number of amides is 1. The van der Waals surface area contributed by atoms with Gasteiger partial charge in [-0.1, -0.05) is 24.2 Å². The molecule has 128 valence electrons. The third-order valence-corrected chi connectivity index (χ3v) is 3.38. The van der Waals surface area contributed by atoms with E-state index in [-0.39, 0.29) is 24.6 Å². The molecule has 1 unspecified atom stereocenters. The Morgan fingerprint density at radius 2 is 2.17 bits per heavy atom. The summed E-state index contributed by atoms with van der Waals surface area (Å²) in [6.07, 6.45) is -0.0328. The summed E-state index contributed by atoms with van der Waals surface area (Å²) in [4.78, 5) is 23.2. The van der Waals surface area contributed by atoms with Crippen molar-refractivity contribution in [3.63, 3.8) is 0 Å². The van der Waals surface area contributed by atoms with Gasteiger partial charge in [0.1, 0.15) is 12.4 Å².